The second kappa shape index (κ2) is 5.17. The monoisotopic (exact) mass is 277 g/mol. The zero-order valence-electron chi connectivity index (χ0n) is 12.0. The van der Waals surface area contributed by atoms with Crippen LogP contribution in [0, 0.1) is 13.8 Å². The van der Waals surface area contributed by atoms with E-state index in [0.717, 1.165) is 16.2 Å². The number of aromatic nitrogens is 2. The molecule has 19 heavy (non-hydrogen) atoms. The van der Waals surface area contributed by atoms with E-state index in [9.17, 15) is 4.79 Å². The Morgan fingerprint density at radius 2 is 2.05 bits per heavy atom. The first-order valence-electron chi connectivity index (χ1n) is 6.29. The first-order chi connectivity index (χ1) is 8.91. The molecule has 102 valence electrons. The van der Waals surface area contributed by atoms with Gasteiger partial charge in [0.05, 0.1) is 5.56 Å². The molecule has 4 nitrogen and oxygen atoms in total. The Morgan fingerprint density at radius 1 is 1.37 bits per heavy atom. The fourth-order valence-corrected chi connectivity index (χ4v) is 3.10. The molecule has 2 rings (SSSR count). The van der Waals surface area contributed by atoms with E-state index in [-0.39, 0.29) is 5.91 Å². The summed E-state index contributed by atoms with van der Waals surface area (Å²) in [4.78, 5) is 17.2. The van der Waals surface area contributed by atoms with Crippen LogP contribution in [0.15, 0.2) is 22.6 Å². The first-order valence-corrected chi connectivity index (χ1v) is 7.17. The van der Waals surface area contributed by atoms with Gasteiger partial charge in [-0.15, -0.1) is 11.3 Å². The molecule has 0 aliphatic heterocycles. The molecule has 0 saturated heterocycles. The lowest BCUT2D eigenvalue weighted by Crippen LogP contribution is -2.13. The van der Waals surface area contributed by atoms with E-state index < -0.39 is 0 Å². The van der Waals surface area contributed by atoms with Crippen LogP contribution in [0.1, 0.15) is 41.6 Å². The van der Waals surface area contributed by atoms with Gasteiger partial charge in [0.2, 0.25) is 0 Å². The average molecular weight is 277 g/mol. The van der Waals surface area contributed by atoms with Gasteiger partial charge in [0.25, 0.3) is 5.91 Å². The second-order valence-corrected chi connectivity index (χ2v) is 5.84. The second-order valence-electron chi connectivity index (χ2n) is 4.96. The van der Waals surface area contributed by atoms with Crippen molar-refractivity contribution in [3.63, 3.8) is 0 Å². The highest BCUT2D eigenvalue weighted by atomic mass is 32.1. The van der Waals surface area contributed by atoms with E-state index >= 15 is 0 Å². The Labute approximate surface area is 117 Å². The van der Waals surface area contributed by atoms with Crippen molar-refractivity contribution >= 4 is 17.2 Å². The van der Waals surface area contributed by atoms with Gasteiger partial charge in [-0.1, -0.05) is 0 Å². The molecule has 0 fully saturated rings. The minimum Gasteiger partial charge on any atom is -0.346 e. The SMILES string of the molecule is Cc1cc(C(=O)N=c2sccn2C)c(C)n1C(C)C. The Kier molecular flexibility index (Phi) is 3.75. The number of hydrogen-bond donors (Lipinski definition) is 0. The fourth-order valence-electron chi connectivity index (χ4n) is 2.37. The molecule has 5 heteroatoms. The number of aryl methyl sites for hydroxylation is 2. The van der Waals surface area contributed by atoms with Gasteiger partial charge >= 0.3 is 0 Å². The predicted octanol–water partition coefficient (Wildman–Crippen LogP) is 2.83. The molecular formula is C14H19N3OS. The van der Waals surface area contributed by atoms with E-state index in [0.29, 0.717) is 11.6 Å². The summed E-state index contributed by atoms with van der Waals surface area (Å²) in [5, 5.41) is 1.92. The van der Waals surface area contributed by atoms with Gasteiger partial charge in [-0.3, -0.25) is 4.79 Å². The van der Waals surface area contributed by atoms with Crippen molar-refractivity contribution in [2.45, 2.75) is 33.7 Å². The summed E-state index contributed by atoms with van der Waals surface area (Å²) in [7, 11) is 1.89. The summed E-state index contributed by atoms with van der Waals surface area (Å²) in [5.41, 5.74) is 2.78. The number of rotatable bonds is 2. The van der Waals surface area contributed by atoms with Gasteiger partial charge in [-0.05, 0) is 33.8 Å². The lowest BCUT2D eigenvalue weighted by atomic mass is 10.2. The number of hydrogen-bond acceptors (Lipinski definition) is 2. The van der Waals surface area contributed by atoms with Gasteiger partial charge in [0.1, 0.15) is 0 Å². The minimum absolute atomic E-state index is 0.168. The van der Waals surface area contributed by atoms with Crippen LogP contribution >= 0.6 is 11.3 Å². The third kappa shape index (κ3) is 2.56. The fraction of sp³-hybridized carbons (Fsp3) is 0.429. The summed E-state index contributed by atoms with van der Waals surface area (Å²) in [6.07, 6.45) is 1.90. The lowest BCUT2D eigenvalue weighted by Gasteiger charge is -2.13. The topological polar surface area (TPSA) is 39.3 Å². The molecule has 0 saturated carbocycles. The molecule has 1 amide bonds. The quantitative estimate of drug-likeness (QED) is 0.832. The van der Waals surface area contributed by atoms with Gasteiger partial charge in [-0.25, -0.2) is 0 Å². The molecule has 0 N–H and O–H groups in total. The summed E-state index contributed by atoms with van der Waals surface area (Å²) in [6.45, 7) is 8.23. The maximum atomic E-state index is 12.3. The minimum atomic E-state index is -0.168. The zero-order chi connectivity index (χ0) is 14.2. The first kappa shape index (κ1) is 13.8. The van der Waals surface area contributed by atoms with Crippen LogP contribution in [0.3, 0.4) is 0 Å². The van der Waals surface area contributed by atoms with Crippen LogP contribution in [-0.2, 0) is 7.05 Å². The van der Waals surface area contributed by atoms with Gasteiger partial charge in [0, 0.05) is 36.1 Å². The van der Waals surface area contributed by atoms with Gasteiger partial charge < -0.3 is 9.13 Å². The Balaban J connectivity index is 2.47. The van der Waals surface area contributed by atoms with Crippen LogP contribution in [0.4, 0.5) is 0 Å². The van der Waals surface area contributed by atoms with Crippen LogP contribution in [0.5, 0.6) is 0 Å². The Hall–Kier alpha value is -1.62. The maximum absolute atomic E-state index is 12.3. The molecule has 0 spiro atoms. The molecular weight excluding hydrogens is 258 g/mol. The third-order valence-electron chi connectivity index (χ3n) is 3.19. The molecule has 2 heterocycles. The summed E-state index contributed by atoms with van der Waals surface area (Å²) >= 11 is 1.46. The normalized spacial score (nSPS) is 12.4. The highest BCUT2D eigenvalue weighted by molar-refractivity contribution is 7.07. The molecule has 2 aromatic heterocycles. The van der Waals surface area contributed by atoms with Crippen LogP contribution in [0.2, 0.25) is 0 Å². The van der Waals surface area contributed by atoms with Crippen LogP contribution in [-0.4, -0.2) is 15.0 Å². The maximum Gasteiger partial charge on any atom is 0.281 e. The highest BCUT2D eigenvalue weighted by Gasteiger charge is 2.16. The zero-order valence-corrected chi connectivity index (χ0v) is 12.8. The summed E-state index contributed by atoms with van der Waals surface area (Å²) in [5.74, 6) is -0.168. The summed E-state index contributed by atoms with van der Waals surface area (Å²) < 4.78 is 4.02. The summed E-state index contributed by atoms with van der Waals surface area (Å²) in [6, 6.07) is 2.27. The van der Waals surface area contributed by atoms with Crippen molar-refractivity contribution in [3.8, 4) is 0 Å². The molecule has 2 aromatic rings. The van der Waals surface area contributed by atoms with E-state index in [1.165, 1.54) is 11.3 Å². The molecule has 0 atom stereocenters. The van der Waals surface area contributed by atoms with Gasteiger partial charge in [0.15, 0.2) is 4.80 Å². The van der Waals surface area contributed by atoms with E-state index in [4.69, 9.17) is 0 Å². The van der Waals surface area contributed by atoms with E-state index in [2.05, 4.69) is 23.4 Å². The number of carbonyl (C=O) groups excluding carboxylic acids is 1. The predicted molar refractivity (Wildman–Crippen MR) is 77.5 cm³/mol. The molecule has 0 unspecified atom stereocenters. The number of carbonyl (C=O) groups is 1. The highest BCUT2D eigenvalue weighted by Crippen LogP contribution is 2.20. The third-order valence-corrected chi connectivity index (χ3v) is 4.04. The largest absolute Gasteiger partial charge is 0.346 e. The Bertz CT molecular complexity index is 673. The molecule has 0 aromatic carbocycles. The van der Waals surface area contributed by atoms with E-state index in [1.54, 1.807) is 0 Å². The van der Waals surface area contributed by atoms with Crippen molar-refractivity contribution in [1.82, 2.24) is 9.13 Å². The molecule has 0 bridgehead atoms. The number of nitrogens with zero attached hydrogens (tertiary/aromatic N) is 3. The lowest BCUT2D eigenvalue weighted by molar-refractivity contribution is 0.0997. The Morgan fingerprint density at radius 3 is 2.53 bits per heavy atom. The smallest absolute Gasteiger partial charge is 0.281 e. The number of thiazole rings is 1. The van der Waals surface area contributed by atoms with Crippen molar-refractivity contribution in [1.29, 1.82) is 0 Å². The molecule has 0 aliphatic carbocycles. The molecule has 0 radical (unpaired) electrons. The van der Waals surface area contributed by atoms with Crippen molar-refractivity contribution < 1.29 is 4.79 Å². The van der Waals surface area contributed by atoms with Crippen molar-refractivity contribution in [2.24, 2.45) is 12.0 Å². The van der Waals surface area contributed by atoms with Crippen LogP contribution < -0.4 is 4.80 Å². The van der Waals surface area contributed by atoms with Gasteiger partial charge in [-0.2, -0.15) is 4.99 Å². The van der Waals surface area contributed by atoms with Crippen molar-refractivity contribution in [3.05, 3.63) is 39.4 Å². The van der Waals surface area contributed by atoms with Crippen molar-refractivity contribution in [2.75, 3.05) is 0 Å². The average Bonchev–Trinajstić information content (AvgIpc) is 2.83. The standard InChI is InChI=1S/C14H19N3OS/c1-9(2)17-10(3)8-12(11(17)4)13(18)15-14-16(5)6-7-19-14/h6-9H,1-5H3. The van der Waals surface area contributed by atoms with Crippen LogP contribution in [0.25, 0.3) is 0 Å². The molecule has 0 aliphatic rings. The number of amides is 1. The van der Waals surface area contributed by atoms with E-state index in [1.807, 2.05) is 43.1 Å².